The van der Waals surface area contributed by atoms with Gasteiger partial charge in [-0.1, -0.05) is 13.0 Å². The van der Waals surface area contributed by atoms with Crippen LogP contribution < -0.4 is 0 Å². The number of hydrogen-bond donors (Lipinski definition) is 3. The van der Waals surface area contributed by atoms with Crippen LogP contribution in [-0.4, -0.2) is 27.2 Å². The van der Waals surface area contributed by atoms with Gasteiger partial charge >= 0.3 is 0 Å². The Balaban J connectivity index is 2.51. The molecule has 3 N–H and O–H groups in total. The summed E-state index contributed by atoms with van der Waals surface area (Å²) in [6.07, 6.45) is 1.15. The summed E-state index contributed by atoms with van der Waals surface area (Å²) in [7, 11) is 0. The van der Waals surface area contributed by atoms with Crippen molar-refractivity contribution in [3.63, 3.8) is 0 Å². The minimum absolute atomic E-state index is 0.0305. The number of benzene rings is 1. The zero-order valence-corrected chi connectivity index (χ0v) is 10.6. The second-order valence-electron chi connectivity index (χ2n) is 4.43. The molecular weight excluding hydrogens is 232 g/mol. The maximum absolute atomic E-state index is 11.5. The molecule has 1 aromatic rings. The van der Waals surface area contributed by atoms with Crippen LogP contribution in [0, 0.1) is 0 Å². The smallest absolute Gasteiger partial charge is 0.135 e. The van der Waals surface area contributed by atoms with Crippen LogP contribution in [0.5, 0.6) is 5.75 Å². The largest absolute Gasteiger partial charge is 0.508 e. The first-order valence-corrected chi connectivity index (χ1v) is 6.18. The summed E-state index contributed by atoms with van der Waals surface area (Å²) in [5, 5.41) is 27.8. The van der Waals surface area contributed by atoms with Gasteiger partial charge in [0.25, 0.3) is 0 Å². The van der Waals surface area contributed by atoms with Crippen LogP contribution in [0.4, 0.5) is 0 Å². The number of carbonyl (C=O) groups excluding carboxylic acids is 1. The molecule has 100 valence electrons. The molecule has 0 bridgehead atoms. The van der Waals surface area contributed by atoms with Crippen LogP contribution in [0.15, 0.2) is 18.2 Å². The summed E-state index contributed by atoms with van der Waals surface area (Å²) in [6.45, 7) is 1.62. The molecule has 0 aromatic heterocycles. The molecule has 1 atom stereocenters. The van der Waals surface area contributed by atoms with Gasteiger partial charge in [-0.25, -0.2) is 0 Å². The van der Waals surface area contributed by atoms with E-state index in [1.807, 2.05) is 6.92 Å². The molecule has 1 rings (SSSR count). The van der Waals surface area contributed by atoms with E-state index in [1.165, 1.54) is 6.07 Å². The van der Waals surface area contributed by atoms with Crippen molar-refractivity contribution in [2.45, 2.75) is 45.3 Å². The van der Waals surface area contributed by atoms with E-state index in [9.17, 15) is 15.0 Å². The summed E-state index contributed by atoms with van der Waals surface area (Å²) in [6, 6.07) is 4.95. The molecule has 0 unspecified atom stereocenters. The molecule has 0 amide bonds. The zero-order valence-electron chi connectivity index (χ0n) is 10.6. The summed E-state index contributed by atoms with van der Waals surface area (Å²) in [5.74, 6) is 0.0944. The summed E-state index contributed by atoms with van der Waals surface area (Å²) in [5.41, 5.74) is 1.37. The Labute approximate surface area is 107 Å². The predicted octanol–water partition coefficient (Wildman–Crippen LogP) is 1.55. The van der Waals surface area contributed by atoms with Crippen molar-refractivity contribution in [2.75, 3.05) is 0 Å². The fraction of sp³-hybridized carbons (Fsp3) is 0.500. The molecule has 0 radical (unpaired) electrons. The van der Waals surface area contributed by atoms with E-state index >= 15 is 0 Å². The number of hydrogen-bond acceptors (Lipinski definition) is 4. The number of ketones is 1. The lowest BCUT2D eigenvalue weighted by Gasteiger charge is -2.08. The first-order chi connectivity index (χ1) is 8.56. The molecular formula is C14H20O4. The van der Waals surface area contributed by atoms with E-state index in [0.29, 0.717) is 24.8 Å². The first kappa shape index (κ1) is 14.7. The highest BCUT2D eigenvalue weighted by Crippen LogP contribution is 2.19. The Morgan fingerprint density at radius 3 is 2.72 bits per heavy atom. The maximum atomic E-state index is 11.5. The van der Waals surface area contributed by atoms with Gasteiger partial charge in [-0.3, -0.25) is 4.79 Å². The first-order valence-electron chi connectivity index (χ1n) is 6.18. The van der Waals surface area contributed by atoms with Crippen LogP contribution in [0.2, 0.25) is 0 Å². The Morgan fingerprint density at radius 2 is 2.11 bits per heavy atom. The average Bonchev–Trinajstić information content (AvgIpc) is 2.37. The summed E-state index contributed by atoms with van der Waals surface area (Å²) < 4.78 is 0. The summed E-state index contributed by atoms with van der Waals surface area (Å²) >= 11 is 0. The van der Waals surface area contributed by atoms with E-state index in [-0.39, 0.29) is 24.6 Å². The standard InChI is InChI=1S/C14H20O4/c1-2-12(16)8-13(17)5-3-10-4-6-14(18)11(7-10)9-15/h4,6-7,12,15-16,18H,2-3,5,8-9H2,1H3/t12-/m0/s1. The van der Waals surface area contributed by atoms with Crippen molar-refractivity contribution < 1.29 is 20.1 Å². The zero-order chi connectivity index (χ0) is 13.5. The quantitative estimate of drug-likeness (QED) is 0.688. The highest BCUT2D eigenvalue weighted by atomic mass is 16.3. The fourth-order valence-electron chi connectivity index (χ4n) is 1.71. The van der Waals surface area contributed by atoms with Gasteiger partial charge in [-0.05, 0) is 30.5 Å². The second-order valence-corrected chi connectivity index (χ2v) is 4.43. The van der Waals surface area contributed by atoms with Crippen LogP contribution in [0.3, 0.4) is 0 Å². The number of rotatable bonds is 7. The number of Topliss-reactive ketones (excluding diaryl/α,β-unsaturated/α-hetero) is 1. The molecule has 0 spiro atoms. The number of aliphatic hydroxyl groups is 2. The molecule has 4 heteroatoms. The highest BCUT2D eigenvalue weighted by molar-refractivity contribution is 5.79. The topological polar surface area (TPSA) is 77.8 Å². The summed E-state index contributed by atoms with van der Waals surface area (Å²) in [4.78, 5) is 11.5. The lowest BCUT2D eigenvalue weighted by molar-refractivity contribution is -0.120. The van der Waals surface area contributed by atoms with Crippen LogP contribution in [0.1, 0.15) is 37.3 Å². The van der Waals surface area contributed by atoms with Crippen LogP contribution >= 0.6 is 0 Å². The predicted molar refractivity (Wildman–Crippen MR) is 68.3 cm³/mol. The minimum atomic E-state index is -0.551. The molecule has 0 saturated carbocycles. The van der Waals surface area contributed by atoms with Gasteiger partial charge in [0.05, 0.1) is 12.7 Å². The van der Waals surface area contributed by atoms with Gasteiger partial charge in [0.15, 0.2) is 0 Å². The second kappa shape index (κ2) is 7.13. The number of carbonyl (C=O) groups is 1. The molecule has 18 heavy (non-hydrogen) atoms. The van der Waals surface area contributed by atoms with Crippen molar-refractivity contribution in [1.82, 2.24) is 0 Å². The van der Waals surface area contributed by atoms with E-state index in [1.54, 1.807) is 12.1 Å². The van der Waals surface area contributed by atoms with Crippen LogP contribution in [-0.2, 0) is 17.8 Å². The Hall–Kier alpha value is -1.39. The molecule has 4 nitrogen and oxygen atoms in total. The van der Waals surface area contributed by atoms with Crippen molar-refractivity contribution >= 4 is 5.78 Å². The van der Waals surface area contributed by atoms with Gasteiger partial charge in [0.1, 0.15) is 11.5 Å². The Morgan fingerprint density at radius 1 is 1.39 bits per heavy atom. The van der Waals surface area contributed by atoms with E-state index < -0.39 is 6.10 Å². The highest BCUT2D eigenvalue weighted by Gasteiger charge is 2.09. The molecule has 0 aliphatic carbocycles. The molecule has 0 heterocycles. The molecule has 0 aliphatic heterocycles. The minimum Gasteiger partial charge on any atom is -0.508 e. The van der Waals surface area contributed by atoms with Crippen molar-refractivity contribution in [2.24, 2.45) is 0 Å². The van der Waals surface area contributed by atoms with Crippen molar-refractivity contribution in [3.8, 4) is 5.75 Å². The maximum Gasteiger partial charge on any atom is 0.135 e. The lowest BCUT2D eigenvalue weighted by Crippen LogP contribution is -2.12. The third-order valence-corrected chi connectivity index (χ3v) is 2.94. The SMILES string of the molecule is CC[C@H](O)CC(=O)CCc1ccc(O)c(CO)c1. The normalized spacial score (nSPS) is 12.4. The Kier molecular flexibility index (Phi) is 5.82. The number of phenols is 1. The van der Waals surface area contributed by atoms with Gasteiger partial charge in [0, 0.05) is 18.4 Å². The molecule has 0 saturated heterocycles. The van der Waals surface area contributed by atoms with E-state index in [4.69, 9.17) is 5.11 Å². The van der Waals surface area contributed by atoms with Gasteiger partial charge < -0.3 is 15.3 Å². The van der Waals surface area contributed by atoms with Gasteiger partial charge in [-0.15, -0.1) is 0 Å². The Bertz CT molecular complexity index is 401. The van der Waals surface area contributed by atoms with E-state index in [0.717, 1.165) is 5.56 Å². The number of aromatic hydroxyl groups is 1. The van der Waals surface area contributed by atoms with E-state index in [2.05, 4.69) is 0 Å². The lowest BCUT2D eigenvalue weighted by atomic mass is 10.0. The van der Waals surface area contributed by atoms with Gasteiger partial charge in [0.2, 0.25) is 0 Å². The fourth-order valence-corrected chi connectivity index (χ4v) is 1.71. The third-order valence-electron chi connectivity index (χ3n) is 2.94. The van der Waals surface area contributed by atoms with Crippen LogP contribution in [0.25, 0.3) is 0 Å². The average molecular weight is 252 g/mol. The number of aryl methyl sites for hydroxylation is 1. The molecule has 1 aromatic carbocycles. The molecule has 0 fully saturated rings. The third kappa shape index (κ3) is 4.47. The monoisotopic (exact) mass is 252 g/mol. The van der Waals surface area contributed by atoms with Gasteiger partial charge in [-0.2, -0.15) is 0 Å². The van der Waals surface area contributed by atoms with Crippen molar-refractivity contribution in [3.05, 3.63) is 29.3 Å². The molecule has 0 aliphatic rings. The number of aliphatic hydroxyl groups excluding tert-OH is 2. The van der Waals surface area contributed by atoms with Crippen molar-refractivity contribution in [1.29, 1.82) is 0 Å².